The third kappa shape index (κ3) is 6.64. The van der Waals surface area contributed by atoms with Crippen LogP contribution < -0.4 is 0 Å². The Morgan fingerprint density at radius 1 is 1.11 bits per heavy atom. The van der Waals surface area contributed by atoms with Crippen molar-refractivity contribution < 1.29 is 22.7 Å². The van der Waals surface area contributed by atoms with E-state index in [1.54, 1.807) is 6.92 Å². The Bertz CT molecular complexity index is 304. The first kappa shape index (κ1) is 18.0. The van der Waals surface area contributed by atoms with E-state index in [1.165, 1.54) is 13.2 Å². The minimum absolute atomic E-state index is 0.0809. The molecule has 1 unspecified atom stereocenters. The molecule has 0 aromatic carbocycles. The van der Waals surface area contributed by atoms with E-state index in [4.69, 9.17) is 4.74 Å². The van der Waals surface area contributed by atoms with Gasteiger partial charge in [-0.3, -0.25) is 4.79 Å². The zero-order valence-electron chi connectivity index (χ0n) is 12.0. The number of alkyl halides is 3. The Kier molecular flexibility index (Phi) is 7.79. The van der Waals surface area contributed by atoms with E-state index >= 15 is 0 Å². The number of hydrogen-bond acceptors (Lipinski definition) is 2. The Morgan fingerprint density at radius 2 is 1.58 bits per heavy atom. The highest BCUT2D eigenvalue weighted by molar-refractivity contribution is 5.92. The van der Waals surface area contributed by atoms with Gasteiger partial charge >= 0.3 is 6.18 Å². The summed E-state index contributed by atoms with van der Waals surface area (Å²) in [4.78, 5) is 11.9. The first-order chi connectivity index (χ1) is 8.78. The van der Waals surface area contributed by atoms with Crippen molar-refractivity contribution in [1.82, 2.24) is 0 Å². The first-order valence-corrected chi connectivity index (χ1v) is 6.65. The van der Waals surface area contributed by atoms with Crippen LogP contribution in [0.2, 0.25) is 0 Å². The van der Waals surface area contributed by atoms with E-state index in [0.29, 0.717) is 5.76 Å². The van der Waals surface area contributed by atoms with Gasteiger partial charge in [0.2, 0.25) is 0 Å². The molecular weight excluding hydrogens is 257 g/mol. The van der Waals surface area contributed by atoms with Crippen molar-refractivity contribution in [3.05, 3.63) is 11.8 Å². The predicted octanol–water partition coefficient (Wildman–Crippen LogP) is 4.50. The van der Waals surface area contributed by atoms with Gasteiger partial charge < -0.3 is 4.74 Å². The molecule has 0 saturated heterocycles. The molecule has 0 aromatic rings. The maximum absolute atomic E-state index is 12.4. The summed E-state index contributed by atoms with van der Waals surface area (Å²) >= 11 is 0. The number of hydrogen-bond donors (Lipinski definition) is 0. The van der Waals surface area contributed by atoms with Gasteiger partial charge in [-0.1, -0.05) is 20.8 Å². The molecule has 5 heteroatoms. The molecule has 0 bridgehead atoms. The number of rotatable bonds is 8. The van der Waals surface area contributed by atoms with Crippen molar-refractivity contribution in [2.75, 3.05) is 7.11 Å². The maximum atomic E-state index is 12.4. The number of allylic oxidation sites excluding steroid dienone is 2. The summed E-state index contributed by atoms with van der Waals surface area (Å²) in [5.74, 6) is -0.948. The molecule has 0 N–H and O–H groups in total. The third-order valence-electron chi connectivity index (χ3n) is 3.28. The fraction of sp³-hybridized carbons (Fsp3) is 0.786. The normalized spacial score (nSPS) is 14.6. The van der Waals surface area contributed by atoms with Crippen molar-refractivity contribution in [3.63, 3.8) is 0 Å². The Hall–Kier alpha value is -1.00. The lowest BCUT2D eigenvalue weighted by atomic mass is 9.93. The molecule has 1 atom stereocenters. The van der Waals surface area contributed by atoms with Crippen LogP contribution in [0.1, 0.15) is 46.5 Å². The molecule has 0 spiro atoms. The summed E-state index contributed by atoms with van der Waals surface area (Å²) < 4.78 is 42.2. The third-order valence-corrected chi connectivity index (χ3v) is 3.28. The van der Waals surface area contributed by atoms with Crippen LogP contribution in [0.3, 0.4) is 0 Å². The van der Waals surface area contributed by atoms with Crippen LogP contribution in [0.4, 0.5) is 13.2 Å². The summed E-state index contributed by atoms with van der Waals surface area (Å²) in [7, 11) is 1.45. The average molecular weight is 280 g/mol. The summed E-state index contributed by atoms with van der Waals surface area (Å²) in [5, 5.41) is 0. The highest BCUT2D eigenvalue weighted by atomic mass is 19.4. The summed E-state index contributed by atoms with van der Waals surface area (Å²) in [6.45, 7) is 5.50. The van der Waals surface area contributed by atoms with Gasteiger partial charge in [0.15, 0.2) is 5.78 Å². The molecule has 0 saturated carbocycles. The summed E-state index contributed by atoms with van der Waals surface area (Å²) in [5.41, 5.74) is 0. The van der Waals surface area contributed by atoms with Gasteiger partial charge in [0.1, 0.15) is 5.76 Å². The summed E-state index contributed by atoms with van der Waals surface area (Å²) in [6, 6.07) is 0. The topological polar surface area (TPSA) is 26.3 Å². The second-order valence-electron chi connectivity index (χ2n) is 4.59. The van der Waals surface area contributed by atoms with Crippen molar-refractivity contribution >= 4 is 5.78 Å². The molecule has 19 heavy (non-hydrogen) atoms. The zero-order chi connectivity index (χ0) is 15.1. The average Bonchev–Trinajstić information content (AvgIpc) is 2.34. The van der Waals surface area contributed by atoms with E-state index in [0.717, 1.165) is 12.8 Å². The number of methoxy groups -OCH3 is 1. The van der Waals surface area contributed by atoms with E-state index in [1.807, 2.05) is 13.8 Å². The molecule has 0 radical (unpaired) electrons. The predicted molar refractivity (Wildman–Crippen MR) is 68.6 cm³/mol. The van der Waals surface area contributed by atoms with Crippen LogP contribution >= 0.6 is 0 Å². The van der Waals surface area contributed by atoms with E-state index < -0.39 is 24.3 Å². The van der Waals surface area contributed by atoms with Crippen molar-refractivity contribution in [2.45, 2.75) is 52.6 Å². The van der Waals surface area contributed by atoms with E-state index in [2.05, 4.69) is 0 Å². The van der Waals surface area contributed by atoms with Gasteiger partial charge in [-0.25, -0.2) is 0 Å². The smallest absolute Gasteiger partial charge is 0.389 e. The lowest BCUT2D eigenvalue weighted by molar-refractivity contribution is -0.151. The lowest BCUT2D eigenvalue weighted by Gasteiger charge is -2.18. The lowest BCUT2D eigenvalue weighted by Crippen LogP contribution is -2.21. The molecule has 0 aliphatic rings. The molecule has 0 fully saturated rings. The van der Waals surface area contributed by atoms with Crippen molar-refractivity contribution in [1.29, 1.82) is 0 Å². The zero-order valence-corrected chi connectivity index (χ0v) is 12.0. The number of ether oxygens (including phenoxy) is 1. The molecule has 0 rings (SSSR count). The van der Waals surface area contributed by atoms with Crippen LogP contribution in [-0.2, 0) is 9.53 Å². The molecule has 112 valence electrons. The maximum Gasteiger partial charge on any atom is 0.389 e. The van der Waals surface area contributed by atoms with E-state index in [-0.39, 0.29) is 12.3 Å². The minimum Gasteiger partial charge on any atom is -0.501 e. The largest absolute Gasteiger partial charge is 0.501 e. The Balaban J connectivity index is 4.94. The Labute approximate surface area is 113 Å². The summed E-state index contributed by atoms with van der Waals surface area (Å²) in [6.07, 6.45) is -2.38. The fourth-order valence-corrected chi connectivity index (χ4v) is 2.02. The first-order valence-electron chi connectivity index (χ1n) is 6.65. The number of halogens is 3. The van der Waals surface area contributed by atoms with Crippen LogP contribution in [0.25, 0.3) is 0 Å². The molecule has 0 heterocycles. The van der Waals surface area contributed by atoms with Gasteiger partial charge in [-0.2, -0.15) is 13.2 Å². The SMILES string of the molecule is CCC(CC(F)(F)F)C(=O)/C=C(\OC)C(CC)CC. The minimum atomic E-state index is -4.31. The fourth-order valence-electron chi connectivity index (χ4n) is 2.02. The van der Waals surface area contributed by atoms with Gasteiger partial charge in [0, 0.05) is 17.9 Å². The van der Waals surface area contributed by atoms with Crippen LogP contribution in [0.15, 0.2) is 11.8 Å². The molecule has 2 nitrogen and oxygen atoms in total. The molecule has 0 aliphatic carbocycles. The van der Waals surface area contributed by atoms with Crippen LogP contribution in [0.5, 0.6) is 0 Å². The highest BCUT2D eigenvalue weighted by Gasteiger charge is 2.34. The number of carbonyl (C=O) groups excluding carboxylic acids is 1. The second kappa shape index (κ2) is 8.23. The van der Waals surface area contributed by atoms with Gasteiger partial charge in [-0.05, 0) is 19.3 Å². The van der Waals surface area contributed by atoms with Gasteiger partial charge in [-0.15, -0.1) is 0 Å². The van der Waals surface area contributed by atoms with Crippen molar-refractivity contribution in [3.8, 4) is 0 Å². The van der Waals surface area contributed by atoms with Gasteiger partial charge in [0.05, 0.1) is 13.5 Å². The van der Waals surface area contributed by atoms with Gasteiger partial charge in [0.25, 0.3) is 0 Å². The van der Waals surface area contributed by atoms with Crippen molar-refractivity contribution in [2.24, 2.45) is 11.8 Å². The number of carbonyl (C=O) groups is 1. The molecule has 0 aliphatic heterocycles. The monoisotopic (exact) mass is 280 g/mol. The second-order valence-corrected chi connectivity index (χ2v) is 4.59. The Morgan fingerprint density at radius 3 is 1.89 bits per heavy atom. The van der Waals surface area contributed by atoms with Crippen LogP contribution in [-0.4, -0.2) is 19.1 Å². The molecular formula is C14H23F3O2. The molecule has 0 amide bonds. The molecule has 0 aromatic heterocycles. The number of ketones is 1. The van der Waals surface area contributed by atoms with Crippen LogP contribution in [0, 0.1) is 11.8 Å². The van der Waals surface area contributed by atoms with E-state index in [9.17, 15) is 18.0 Å². The standard InChI is InChI=1S/C14H23F3O2/c1-5-10(6-2)13(19-4)8-12(18)11(7-3)9-14(15,16)17/h8,10-11H,5-7,9H2,1-4H3/b13-8-. The quantitative estimate of drug-likeness (QED) is 0.483. The highest BCUT2D eigenvalue weighted by Crippen LogP contribution is 2.28.